The Morgan fingerprint density at radius 3 is 2.23 bits per heavy atom. The number of aromatic amines is 1. The molecule has 0 spiro atoms. The molecule has 0 saturated heterocycles. The normalized spacial score (nSPS) is 11.5. The van der Waals surface area contributed by atoms with Crippen molar-refractivity contribution in [1.82, 2.24) is 9.55 Å². The summed E-state index contributed by atoms with van der Waals surface area (Å²) in [5.74, 6) is -0.248. The van der Waals surface area contributed by atoms with Crippen molar-refractivity contribution in [2.75, 3.05) is 0 Å². The summed E-state index contributed by atoms with van der Waals surface area (Å²) in [5.41, 5.74) is 7.40. The standard InChI is InChI=1S/C29H18BrFN3.ClH/c30-19-11-9-18(10-12-19)28-29-27-26(22-5-1-3-7-24(22)32-27)23-6-2-4-8-25(23)34(29)17-33(28)21-15-13-20(31)14-16-21;/h1-17,32H;1H/q+1;/p-1. The Bertz CT molecular complexity index is 1870. The molecule has 7 aromatic rings. The molecule has 0 aliphatic rings. The van der Waals surface area contributed by atoms with Crippen LogP contribution >= 0.6 is 15.9 Å². The third kappa shape index (κ3) is 3.27. The van der Waals surface area contributed by atoms with Crippen molar-refractivity contribution < 1.29 is 21.2 Å². The summed E-state index contributed by atoms with van der Waals surface area (Å²) in [7, 11) is 0. The number of pyridine rings is 1. The molecule has 1 N–H and O–H groups in total. The van der Waals surface area contributed by atoms with Crippen LogP contribution in [-0.4, -0.2) is 9.55 Å². The van der Waals surface area contributed by atoms with E-state index in [9.17, 15) is 4.39 Å². The van der Waals surface area contributed by atoms with E-state index in [4.69, 9.17) is 0 Å². The molecule has 170 valence electrons. The van der Waals surface area contributed by atoms with E-state index in [0.717, 1.165) is 43.5 Å². The fraction of sp³-hybridized carbons (Fsp3) is 0. The van der Waals surface area contributed by atoms with Gasteiger partial charge in [-0.3, -0.25) is 0 Å². The number of fused-ring (bicyclic) bond motifs is 8. The van der Waals surface area contributed by atoms with Crippen LogP contribution in [0.5, 0.6) is 0 Å². The highest BCUT2D eigenvalue weighted by Crippen LogP contribution is 2.37. The molecular formula is C29H18BrClFN3. The second kappa shape index (κ2) is 8.22. The van der Waals surface area contributed by atoms with Gasteiger partial charge in [0.2, 0.25) is 5.52 Å². The monoisotopic (exact) mass is 541 g/mol. The van der Waals surface area contributed by atoms with Crippen LogP contribution in [0.3, 0.4) is 0 Å². The Morgan fingerprint density at radius 2 is 1.46 bits per heavy atom. The van der Waals surface area contributed by atoms with Crippen LogP contribution in [0.25, 0.3) is 55.2 Å². The van der Waals surface area contributed by atoms with Gasteiger partial charge in [-0.05, 0) is 66.7 Å². The Balaban J connectivity index is 0.00000229. The fourth-order valence-corrected chi connectivity index (χ4v) is 5.32. The molecule has 0 unspecified atom stereocenters. The van der Waals surface area contributed by atoms with Gasteiger partial charge < -0.3 is 17.4 Å². The van der Waals surface area contributed by atoms with E-state index >= 15 is 0 Å². The minimum Gasteiger partial charge on any atom is -1.00 e. The van der Waals surface area contributed by atoms with Gasteiger partial charge >= 0.3 is 0 Å². The van der Waals surface area contributed by atoms with E-state index in [1.165, 1.54) is 28.3 Å². The minimum absolute atomic E-state index is 0. The zero-order valence-electron chi connectivity index (χ0n) is 18.3. The van der Waals surface area contributed by atoms with E-state index < -0.39 is 0 Å². The van der Waals surface area contributed by atoms with Gasteiger partial charge in [0.15, 0.2) is 5.69 Å². The largest absolute Gasteiger partial charge is 1.00 e. The van der Waals surface area contributed by atoms with E-state index in [1.54, 1.807) is 0 Å². The summed E-state index contributed by atoms with van der Waals surface area (Å²) in [6, 6.07) is 31.9. The maximum atomic E-state index is 13.8. The number of benzene rings is 4. The lowest BCUT2D eigenvalue weighted by molar-refractivity contribution is -0.480. The first kappa shape index (κ1) is 21.8. The topological polar surface area (TPSA) is 24.8 Å². The Hall–Kier alpha value is -3.67. The predicted molar refractivity (Wildman–Crippen MR) is 139 cm³/mol. The molecule has 3 heterocycles. The van der Waals surface area contributed by atoms with Crippen LogP contribution in [0, 0.1) is 5.82 Å². The number of nitrogens with zero attached hydrogens (tertiary/aromatic N) is 2. The van der Waals surface area contributed by atoms with E-state index in [-0.39, 0.29) is 18.2 Å². The first-order valence-corrected chi connectivity index (χ1v) is 11.9. The lowest BCUT2D eigenvalue weighted by Crippen LogP contribution is -3.00. The molecule has 0 saturated carbocycles. The van der Waals surface area contributed by atoms with E-state index in [0.29, 0.717) is 0 Å². The van der Waals surface area contributed by atoms with Crippen LogP contribution in [0.2, 0.25) is 0 Å². The van der Waals surface area contributed by atoms with Gasteiger partial charge in [0.25, 0.3) is 6.33 Å². The first-order chi connectivity index (χ1) is 16.7. The van der Waals surface area contributed by atoms with Crippen molar-refractivity contribution in [3.05, 3.63) is 114 Å². The average molecular weight is 543 g/mol. The van der Waals surface area contributed by atoms with Crippen molar-refractivity contribution in [3.8, 4) is 16.9 Å². The van der Waals surface area contributed by atoms with Gasteiger partial charge in [-0.1, -0.05) is 46.3 Å². The summed E-state index contributed by atoms with van der Waals surface area (Å²) in [5, 5.41) is 3.60. The van der Waals surface area contributed by atoms with Gasteiger partial charge in [-0.2, -0.15) is 8.97 Å². The molecule has 4 aromatic carbocycles. The maximum absolute atomic E-state index is 13.8. The van der Waals surface area contributed by atoms with Crippen LogP contribution in [0.4, 0.5) is 4.39 Å². The van der Waals surface area contributed by atoms with E-state index in [1.807, 2.05) is 12.1 Å². The number of hydrogen-bond acceptors (Lipinski definition) is 0. The molecule has 0 aliphatic heterocycles. The molecule has 3 nitrogen and oxygen atoms in total. The maximum Gasteiger partial charge on any atom is 0.255 e. The summed E-state index contributed by atoms with van der Waals surface area (Å²) < 4.78 is 19.2. The van der Waals surface area contributed by atoms with Crippen molar-refractivity contribution in [1.29, 1.82) is 0 Å². The van der Waals surface area contributed by atoms with Gasteiger partial charge in [0.05, 0.1) is 5.52 Å². The second-order valence-corrected chi connectivity index (χ2v) is 9.39. The molecule has 0 amide bonds. The highest BCUT2D eigenvalue weighted by Gasteiger charge is 2.27. The number of nitrogens with one attached hydrogen (secondary N) is 1. The SMILES string of the molecule is Fc1ccc(-n2c[n+]3c4ccccc4c4c5ccccc5[nH]c4c3c2-c2ccc(Br)cc2)cc1.[Cl-]. The van der Waals surface area contributed by atoms with Gasteiger partial charge in [0.1, 0.15) is 17.0 Å². The molecule has 0 bridgehead atoms. The van der Waals surface area contributed by atoms with Gasteiger partial charge in [0, 0.05) is 31.7 Å². The van der Waals surface area contributed by atoms with Crippen LogP contribution in [0.1, 0.15) is 0 Å². The number of hydrogen-bond donors (Lipinski definition) is 1. The minimum atomic E-state index is -0.248. The lowest BCUT2D eigenvalue weighted by atomic mass is 10.0. The third-order valence-electron chi connectivity index (χ3n) is 6.54. The summed E-state index contributed by atoms with van der Waals surface area (Å²) in [4.78, 5) is 3.71. The molecule has 35 heavy (non-hydrogen) atoms. The summed E-state index contributed by atoms with van der Waals surface area (Å²) in [6.45, 7) is 0. The van der Waals surface area contributed by atoms with Crippen molar-refractivity contribution in [2.24, 2.45) is 0 Å². The van der Waals surface area contributed by atoms with Crippen LogP contribution in [0.15, 0.2) is 108 Å². The molecule has 3 aromatic heterocycles. The van der Waals surface area contributed by atoms with Crippen molar-refractivity contribution in [3.63, 3.8) is 0 Å². The highest BCUT2D eigenvalue weighted by atomic mass is 79.9. The zero-order valence-corrected chi connectivity index (χ0v) is 20.7. The quantitative estimate of drug-likeness (QED) is 0.310. The Labute approximate surface area is 215 Å². The molecule has 7 rings (SSSR count). The van der Waals surface area contributed by atoms with Gasteiger partial charge in [-0.15, -0.1) is 0 Å². The molecule has 0 radical (unpaired) electrons. The predicted octanol–water partition coefficient (Wildman–Crippen LogP) is 4.58. The lowest BCUT2D eigenvalue weighted by Gasteiger charge is -2.04. The summed E-state index contributed by atoms with van der Waals surface area (Å²) >= 11 is 3.57. The first-order valence-electron chi connectivity index (χ1n) is 11.1. The van der Waals surface area contributed by atoms with Gasteiger partial charge in [-0.25, -0.2) is 4.39 Å². The molecule has 0 aliphatic carbocycles. The average Bonchev–Trinajstić information content (AvgIpc) is 3.45. The Kier molecular flexibility index (Phi) is 5.13. The number of rotatable bonds is 2. The molecular weight excluding hydrogens is 525 g/mol. The van der Waals surface area contributed by atoms with Crippen LogP contribution < -0.4 is 16.8 Å². The highest BCUT2D eigenvalue weighted by molar-refractivity contribution is 9.10. The number of H-pyrrole nitrogens is 1. The Morgan fingerprint density at radius 1 is 0.771 bits per heavy atom. The van der Waals surface area contributed by atoms with E-state index in [2.05, 4.69) is 109 Å². The number of para-hydroxylation sites is 2. The smallest absolute Gasteiger partial charge is 0.255 e. The fourth-order valence-electron chi connectivity index (χ4n) is 5.06. The molecule has 0 fully saturated rings. The zero-order chi connectivity index (χ0) is 22.8. The summed E-state index contributed by atoms with van der Waals surface area (Å²) in [6.07, 6.45) is 2.10. The van der Waals surface area contributed by atoms with Crippen molar-refractivity contribution >= 4 is 54.2 Å². The number of halogens is 3. The second-order valence-electron chi connectivity index (χ2n) is 8.47. The molecule has 0 atom stereocenters. The number of aromatic nitrogens is 3. The van der Waals surface area contributed by atoms with Crippen molar-refractivity contribution in [2.45, 2.75) is 0 Å². The molecule has 6 heteroatoms. The third-order valence-corrected chi connectivity index (χ3v) is 7.06. The van der Waals surface area contributed by atoms with Crippen LogP contribution in [-0.2, 0) is 0 Å². The number of imidazole rings is 1.